The third kappa shape index (κ3) is 0.955. The molecule has 0 saturated carbocycles. The molecule has 1 aliphatic carbocycles. The quantitative estimate of drug-likeness (QED) is 0.641. The van der Waals surface area contributed by atoms with Crippen molar-refractivity contribution in [1.29, 1.82) is 0 Å². The van der Waals surface area contributed by atoms with Crippen LogP contribution in [0.2, 0.25) is 0 Å². The van der Waals surface area contributed by atoms with E-state index < -0.39 is 0 Å². The van der Waals surface area contributed by atoms with Crippen LogP contribution in [0.25, 0.3) is 17.0 Å². The van der Waals surface area contributed by atoms with Gasteiger partial charge in [-0.3, -0.25) is 0 Å². The lowest BCUT2D eigenvalue weighted by atomic mass is 9.94. The Hall–Kier alpha value is -1.50. The molecule has 1 aliphatic rings. The zero-order valence-corrected chi connectivity index (χ0v) is 8.25. The molecule has 2 aromatic rings. The van der Waals surface area contributed by atoms with Gasteiger partial charge >= 0.3 is 0 Å². The van der Waals surface area contributed by atoms with Crippen molar-refractivity contribution in [3.8, 4) is 0 Å². The highest BCUT2D eigenvalue weighted by Gasteiger charge is 2.16. The van der Waals surface area contributed by atoms with E-state index in [0.29, 0.717) is 5.92 Å². The number of allylic oxidation sites excluding steroid dienone is 1. The van der Waals surface area contributed by atoms with E-state index in [1.54, 1.807) is 0 Å². The third-order valence-corrected chi connectivity index (χ3v) is 3.04. The van der Waals surface area contributed by atoms with E-state index in [4.69, 9.17) is 0 Å². The van der Waals surface area contributed by atoms with E-state index in [1.165, 1.54) is 22.2 Å². The topological polar surface area (TPSA) is 15.8 Å². The van der Waals surface area contributed by atoms with Crippen molar-refractivity contribution in [3.63, 3.8) is 0 Å². The maximum atomic E-state index is 3.51. The van der Waals surface area contributed by atoms with Crippen molar-refractivity contribution in [2.24, 2.45) is 0 Å². The number of benzene rings is 1. The van der Waals surface area contributed by atoms with Gasteiger partial charge in [-0.15, -0.1) is 0 Å². The highest BCUT2D eigenvalue weighted by molar-refractivity contribution is 5.91. The molecular weight excluding hydrogens is 170 g/mol. The summed E-state index contributed by atoms with van der Waals surface area (Å²) in [6, 6.07) is 8.52. The maximum absolute atomic E-state index is 3.51. The summed E-state index contributed by atoms with van der Waals surface area (Å²) in [7, 11) is 0. The average Bonchev–Trinajstić information content (AvgIpc) is 2.59. The van der Waals surface area contributed by atoms with Gasteiger partial charge in [0.05, 0.1) is 0 Å². The minimum Gasteiger partial charge on any atom is -0.358 e. The van der Waals surface area contributed by atoms with Crippen molar-refractivity contribution in [1.82, 2.24) is 4.98 Å². The number of para-hydroxylation sites is 1. The number of rotatable bonds is 0. The monoisotopic (exact) mass is 183 g/mol. The first-order valence-corrected chi connectivity index (χ1v) is 5.13. The molecule has 1 atom stereocenters. The summed E-state index contributed by atoms with van der Waals surface area (Å²) in [6.07, 6.45) is 5.67. The second-order valence-electron chi connectivity index (χ2n) is 4.04. The predicted octanol–water partition coefficient (Wildman–Crippen LogP) is 3.69. The smallest absolute Gasteiger partial charge is 0.0462 e. The maximum Gasteiger partial charge on any atom is 0.0462 e. The fourth-order valence-electron chi connectivity index (χ4n) is 2.26. The van der Waals surface area contributed by atoms with E-state index in [-0.39, 0.29) is 0 Å². The second kappa shape index (κ2) is 2.74. The Morgan fingerprint density at radius 3 is 3.07 bits per heavy atom. The first kappa shape index (κ1) is 7.86. The summed E-state index contributed by atoms with van der Waals surface area (Å²) in [5.41, 5.74) is 4.05. The number of hydrogen-bond acceptors (Lipinski definition) is 0. The molecule has 0 spiro atoms. The van der Waals surface area contributed by atoms with Gasteiger partial charge in [0, 0.05) is 28.1 Å². The van der Waals surface area contributed by atoms with Gasteiger partial charge in [-0.2, -0.15) is 0 Å². The SMILES string of the molecule is CC1CC=Cc2c1[nH]c1ccccc21. The van der Waals surface area contributed by atoms with Crippen LogP contribution in [0.3, 0.4) is 0 Å². The molecule has 0 amide bonds. The summed E-state index contributed by atoms with van der Waals surface area (Å²) in [5.74, 6) is 0.627. The van der Waals surface area contributed by atoms with Crippen LogP contribution in [0.4, 0.5) is 0 Å². The number of aromatic amines is 1. The number of hydrogen-bond donors (Lipinski definition) is 1. The van der Waals surface area contributed by atoms with Crippen LogP contribution in [-0.4, -0.2) is 4.98 Å². The van der Waals surface area contributed by atoms with E-state index in [1.807, 2.05) is 0 Å². The fourth-order valence-corrected chi connectivity index (χ4v) is 2.26. The molecule has 1 aromatic heterocycles. The van der Waals surface area contributed by atoms with Crippen molar-refractivity contribution in [2.75, 3.05) is 0 Å². The van der Waals surface area contributed by atoms with Gasteiger partial charge in [0.25, 0.3) is 0 Å². The number of H-pyrrole nitrogens is 1. The Bertz CT molecular complexity index is 505. The lowest BCUT2D eigenvalue weighted by Crippen LogP contribution is -1.97. The molecule has 0 radical (unpaired) electrons. The van der Waals surface area contributed by atoms with Crippen molar-refractivity contribution >= 4 is 17.0 Å². The first-order valence-electron chi connectivity index (χ1n) is 5.13. The van der Waals surface area contributed by atoms with Crippen LogP contribution in [0, 0.1) is 0 Å². The molecular formula is C13H13N. The van der Waals surface area contributed by atoms with E-state index in [0.717, 1.165) is 6.42 Å². The third-order valence-electron chi connectivity index (χ3n) is 3.04. The summed E-state index contributed by atoms with van der Waals surface area (Å²) < 4.78 is 0. The van der Waals surface area contributed by atoms with Gasteiger partial charge in [-0.05, 0) is 12.5 Å². The molecule has 0 fully saturated rings. The lowest BCUT2D eigenvalue weighted by Gasteiger charge is -2.12. The van der Waals surface area contributed by atoms with Crippen LogP contribution in [0.5, 0.6) is 0 Å². The van der Waals surface area contributed by atoms with Gasteiger partial charge in [-0.1, -0.05) is 37.3 Å². The molecule has 70 valence electrons. The zero-order valence-electron chi connectivity index (χ0n) is 8.25. The van der Waals surface area contributed by atoms with Gasteiger partial charge < -0.3 is 4.98 Å². The van der Waals surface area contributed by atoms with E-state index in [2.05, 4.69) is 48.3 Å². The number of aromatic nitrogens is 1. The molecule has 1 heteroatoms. The van der Waals surface area contributed by atoms with Gasteiger partial charge in [0.1, 0.15) is 0 Å². The molecule has 3 rings (SSSR count). The Morgan fingerprint density at radius 1 is 1.29 bits per heavy atom. The minimum atomic E-state index is 0.627. The Balaban J connectivity index is 2.39. The molecule has 1 unspecified atom stereocenters. The standard InChI is InChI=1S/C13H13N/c1-9-5-4-7-11-10-6-2-3-8-12(10)14-13(9)11/h2-4,6-9,14H,5H2,1H3. The molecule has 0 bridgehead atoms. The summed E-state index contributed by atoms with van der Waals surface area (Å²) in [6.45, 7) is 2.28. The Kier molecular flexibility index (Phi) is 1.54. The molecule has 14 heavy (non-hydrogen) atoms. The second-order valence-corrected chi connectivity index (χ2v) is 4.04. The zero-order chi connectivity index (χ0) is 9.54. The van der Waals surface area contributed by atoms with E-state index in [9.17, 15) is 0 Å². The van der Waals surface area contributed by atoms with Crippen LogP contribution >= 0.6 is 0 Å². The average molecular weight is 183 g/mol. The van der Waals surface area contributed by atoms with Crippen LogP contribution in [0.15, 0.2) is 30.3 Å². The molecule has 1 nitrogen and oxygen atoms in total. The van der Waals surface area contributed by atoms with E-state index >= 15 is 0 Å². The summed E-state index contributed by atoms with van der Waals surface area (Å²) >= 11 is 0. The summed E-state index contributed by atoms with van der Waals surface area (Å²) in [5, 5.41) is 1.35. The van der Waals surface area contributed by atoms with Gasteiger partial charge in [0.15, 0.2) is 0 Å². The predicted molar refractivity (Wildman–Crippen MR) is 60.4 cm³/mol. The molecule has 0 saturated heterocycles. The van der Waals surface area contributed by atoms with Crippen molar-refractivity contribution in [2.45, 2.75) is 19.3 Å². The highest BCUT2D eigenvalue weighted by Crippen LogP contribution is 2.33. The van der Waals surface area contributed by atoms with Crippen LogP contribution in [0.1, 0.15) is 30.5 Å². The number of nitrogens with one attached hydrogen (secondary N) is 1. The number of fused-ring (bicyclic) bond motifs is 3. The van der Waals surface area contributed by atoms with Gasteiger partial charge in [-0.25, -0.2) is 0 Å². The van der Waals surface area contributed by atoms with Crippen molar-refractivity contribution in [3.05, 3.63) is 41.6 Å². The first-order chi connectivity index (χ1) is 6.86. The Morgan fingerprint density at radius 2 is 2.14 bits per heavy atom. The molecule has 1 aromatic carbocycles. The molecule has 1 N–H and O–H groups in total. The van der Waals surface area contributed by atoms with Crippen LogP contribution in [-0.2, 0) is 0 Å². The Labute approximate surface area is 83.5 Å². The fraction of sp³-hybridized carbons (Fsp3) is 0.231. The lowest BCUT2D eigenvalue weighted by molar-refractivity contribution is 0.750. The largest absolute Gasteiger partial charge is 0.358 e. The molecule has 0 aliphatic heterocycles. The van der Waals surface area contributed by atoms with Crippen molar-refractivity contribution < 1.29 is 0 Å². The van der Waals surface area contributed by atoms with Crippen LogP contribution < -0.4 is 0 Å². The van der Waals surface area contributed by atoms with Gasteiger partial charge in [0.2, 0.25) is 0 Å². The highest BCUT2D eigenvalue weighted by atomic mass is 14.7. The normalized spacial score (nSPS) is 19.9. The molecule has 1 heterocycles. The minimum absolute atomic E-state index is 0.627. The summed E-state index contributed by atoms with van der Waals surface area (Å²) in [4.78, 5) is 3.51.